The van der Waals surface area contributed by atoms with E-state index in [1.807, 2.05) is 6.92 Å². The molecule has 0 fully saturated rings. The summed E-state index contributed by atoms with van der Waals surface area (Å²) in [6.07, 6.45) is 4.57. The Morgan fingerprint density at radius 3 is 2.22 bits per heavy atom. The van der Waals surface area contributed by atoms with Crippen LogP contribution in [0.15, 0.2) is 42.3 Å². The summed E-state index contributed by atoms with van der Waals surface area (Å²) in [6, 6.07) is 3.37. The maximum atomic E-state index is 11.9. The third-order valence-corrected chi connectivity index (χ3v) is 4.17. The molecular formula is C14H18O3S. The van der Waals surface area contributed by atoms with Gasteiger partial charge in [-0.1, -0.05) is 18.2 Å². The van der Waals surface area contributed by atoms with Crippen molar-refractivity contribution in [3.8, 4) is 0 Å². The van der Waals surface area contributed by atoms with Gasteiger partial charge in [0.05, 0.1) is 12.0 Å². The van der Waals surface area contributed by atoms with E-state index in [2.05, 4.69) is 17.3 Å². The van der Waals surface area contributed by atoms with Gasteiger partial charge in [-0.3, -0.25) is 4.18 Å². The van der Waals surface area contributed by atoms with Crippen molar-refractivity contribution in [2.24, 2.45) is 0 Å². The van der Waals surface area contributed by atoms with Crippen molar-refractivity contribution in [1.29, 1.82) is 0 Å². The van der Waals surface area contributed by atoms with Crippen LogP contribution in [0.3, 0.4) is 0 Å². The van der Waals surface area contributed by atoms with E-state index < -0.39 is 10.1 Å². The molecule has 0 N–H and O–H groups in total. The van der Waals surface area contributed by atoms with Gasteiger partial charge in [0, 0.05) is 0 Å². The minimum absolute atomic E-state index is 0.215. The van der Waals surface area contributed by atoms with Crippen molar-refractivity contribution < 1.29 is 12.6 Å². The zero-order chi connectivity index (χ0) is 13.8. The van der Waals surface area contributed by atoms with Crippen molar-refractivity contribution in [3.63, 3.8) is 0 Å². The second-order valence-corrected chi connectivity index (χ2v) is 5.63. The average molecular weight is 266 g/mol. The number of aryl methyl sites for hydroxylation is 1. The number of hydrogen-bond acceptors (Lipinski definition) is 3. The van der Waals surface area contributed by atoms with Gasteiger partial charge >= 0.3 is 0 Å². The highest BCUT2D eigenvalue weighted by Crippen LogP contribution is 2.25. The van der Waals surface area contributed by atoms with Gasteiger partial charge in [0.25, 0.3) is 10.1 Å². The molecule has 3 nitrogen and oxygen atoms in total. The predicted octanol–water partition coefficient (Wildman–Crippen LogP) is 2.79. The molecule has 0 aliphatic rings. The first-order chi connectivity index (χ1) is 8.47. The molecule has 0 unspecified atom stereocenters. The first-order valence-corrected chi connectivity index (χ1v) is 7.02. The van der Waals surface area contributed by atoms with E-state index in [1.54, 1.807) is 24.3 Å². The molecule has 0 heterocycles. The Morgan fingerprint density at radius 2 is 1.72 bits per heavy atom. The number of benzene rings is 1. The Morgan fingerprint density at radius 1 is 1.17 bits per heavy atom. The first kappa shape index (κ1) is 14.7. The van der Waals surface area contributed by atoms with Crippen LogP contribution in [0.4, 0.5) is 0 Å². The fourth-order valence-electron chi connectivity index (χ4n) is 1.91. The van der Waals surface area contributed by atoms with Crippen molar-refractivity contribution >= 4 is 10.1 Å². The molecule has 1 aromatic rings. The van der Waals surface area contributed by atoms with E-state index in [9.17, 15) is 8.42 Å². The van der Waals surface area contributed by atoms with E-state index in [4.69, 9.17) is 0 Å². The second kappa shape index (κ2) is 5.98. The zero-order valence-electron chi connectivity index (χ0n) is 10.8. The molecule has 0 saturated carbocycles. The van der Waals surface area contributed by atoms with Gasteiger partial charge in [-0.25, -0.2) is 0 Å². The lowest BCUT2D eigenvalue weighted by molar-refractivity contribution is 0.397. The van der Waals surface area contributed by atoms with Crippen LogP contribution in [0.25, 0.3) is 0 Å². The highest BCUT2D eigenvalue weighted by Gasteiger charge is 2.20. The van der Waals surface area contributed by atoms with Crippen molar-refractivity contribution in [3.05, 3.63) is 54.1 Å². The summed E-state index contributed by atoms with van der Waals surface area (Å²) in [4.78, 5) is 0.215. The third kappa shape index (κ3) is 2.89. The molecule has 1 aromatic carbocycles. The van der Waals surface area contributed by atoms with Gasteiger partial charge in [0.15, 0.2) is 0 Å². The van der Waals surface area contributed by atoms with Crippen LogP contribution in [0.2, 0.25) is 0 Å². The highest BCUT2D eigenvalue weighted by atomic mass is 32.2. The SMILES string of the molecule is C=CCc1c(C)ccc(S(=O)(=O)OC)c1CC=C. The third-order valence-electron chi connectivity index (χ3n) is 2.81. The summed E-state index contributed by atoms with van der Waals surface area (Å²) < 4.78 is 28.4. The minimum atomic E-state index is -3.69. The van der Waals surface area contributed by atoms with E-state index >= 15 is 0 Å². The van der Waals surface area contributed by atoms with Crippen LogP contribution in [0.1, 0.15) is 16.7 Å². The Bertz CT molecular complexity index is 557. The van der Waals surface area contributed by atoms with Crippen molar-refractivity contribution in [2.45, 2.75) is 24.7 Å². The Hall–Kier alpha value is -1.39. The van der Waals surface area contributed by atoms with Crippen LogP contribution in [-0.4, -0.2) is 15.5 Å². The lowest BCUT2D eigenvalue weighted by atomic mass is 9.97. The summed E-state index contributed by atoms with van der Waals surface area (Å²) in [5, 5.41) is 0. The minimum Gasteiger partial charge on any atom is -0.270 e. The molecule has 98 valence electrons. The van der Waals surface area contributed by atoms with Gasteiger partial charge < -0.3 is 0 Å². The lowest BCUT2D eigenvalue weighted by Gasteiger charge is -2.14. The Balaban J connectivity index is 3.57. The molecule has 0 amide bonds. The molecular weight excluding hydrogens is 248 g/mol. The Kier molecular flexibility index (Phi) is 4.87. The van der Waals surface area contributed by atoms with Crippen molar-refractivity contribution in [1.82, 2.24) is 0 Å². The van der Waals surface area contributed by atoms with Gasteiger partial charge in [-0.05, 0) is 42.5 Å². The summed E-state index contributed by atoms with van der Waals surface area (Å²) in [7, 11) is -2.52. The summed E-state index contributed by atoms with van der Waals surface area (Å²) in [5.74, 6) is 0. The largest absolute Gasteiger partial charge is 0.297 e. The van der Waals surface area contributed by atoms with Crippen LogP contribution < -0.4 is 0 Å². The maximum Gasteiger partial charge on any atom is 0.297 e. The van der Waals surface area contributed by atoms with Gasteiger partial charge in [0.1, 0.15) is 0 Å². The van der Waals surface area contributed by atoms with Crippen LogP contribution in [-0.2, 0) is 27.1 Å². The Labute approximate surface area is 109 Å². The zero-order valence-corrected chi connectivity index (χ0v) is 11.6. The molecule has 0 atom stereocenters. The van der Waals surface area contributed by atoms with E-state index in [0.717, 1.165) is 16.7 Å². The van der Waals surface area contributed by atoms with Gasteiger partial charge in [-0.2, -0.15) is 8.42 Å². The lowest BCUT2D eigenvalue weighted by Crippen LogP contribution is -2.09. The van der Waals surface area contributed by atoms with E-state index in [0.29, 0.717) is 12.8 Å². The molecule has 0 aliphatic carbocycles. The van der Waals surface area contributed by atoms with Gasteiger partial charge in [-0.15, -0.1) is 13.2 Å². The quantitative estimate of drug-likeness (QED) is 0.587. The highest BCUT2D eigenvalue weighted by molar-refractivity contribution is 7.86. The second-order valence-electron chi connectivity index (χ2n) is 3.94. The molecule has 0 aromatic heterocycles. The summed E-state index contributed by atoms with van der Waals surface area (Å²) in [6.45, 7) is 9.33. The van der Waals surface area contributed by atoms with Gasteiger partial charge in [0.2, 0.25) is 0 Å². The maximum absolute atomic E-state index is 11.9. The number of hydrogen-bond donors (Lipinski definition) is 0. The fraction of sp³-hybridized carbons (Fsp3) is 0.286. The topological polar surface area (TPSA) is 43.4 Å². The smallest absolute Gasteiger partial charge is 0.270 e. The first-order valence-electron chi connectivity index (χ1n) is 5.61. The molecule has 0 aliphatic heterocycles. The molecule has 1 rings (SSSR count). The number of allylic oxidation sites excluding steroid dienone is 2. The fourth-order valence-corrected chi connectivity index (χ4v) is 2.83. The normalized spacial score (nSPS) is 11.2. The number of rotatable bonds is 6. The summed E-state index contributed by atoms with van der Waals surface area (Å²) >= 11 is 0. The summed E-state index contributed by atoms with van der Waals surface area (Å²) in [5.41, 5.74) is 2.76. The molecule has 0 spiro atoms. The average Bonchev–Trinajstić information content (AvgIpc) is 2.34. The molecule has 0 radical (unpaired) electrons. The standard InChI is InChI=1S/C14H18O3S/c1-5-7-12-11(3)9-10-14(13(12)8-6-2)18(15,16)17-4/h5-6,9-10H,1-2,7-8H2,3-4H3. The molecule has 0 bridgehead atoms. The van der Waals surface area contributed by atoms with E-state index in [-0.39, 0.29) is 4.90 Å². The van der Waals surface area contributed by atoms with Crippen LogP contribution in [0.5, 0.6) is 0 Å². The molecule has 18 heavy (non-hydrogen) atoms. The predicted molar refractivity (Wildman–Crippen MR) is 73.2 cm³/mol. The van der Waals surface area contributed by atoms with Crippen LogP contribution >= 0.6 is 0 Å². The molecule has 0 saturated heterocycles. The van der Waals surface area contributed by atoms with Crippen molar-refractivity contribution in [2.75, 3.05) is 7.11 Å². The van der Waals surface area contributed by atoms with E-state index in [1.165, 1.54) is 7.11 Å². The van der Waals surface area contributed by atoms with Crippen LogP contribution in [0, 0.1) is 6.92 Å². The monoisotopic (exact) mass is 266 g/mol. The molecule has 4 heteroatoms.